The topological polar surface area (TPSA) is 39.3 Å². The molecule has 0 aliphatic carbocycles. The number of benzene rings is 3. The minimum atomic E-state index is 0.0935. The summed E-state index contributed by atoms with van der Waals surface area (Å²) in [7, 11) is 1.99. The van der Waals surface area contributed by atoms with Gasteiger partial charge >= 0.3 is 0 Å². The third-order valence-corrected chi connectivity index (χ3v) is 5.49. The van der Waals surface area contributed by atoms with Crippen LogP contribution in [0, 0.1) is 0 Å². The fraction of sp³-hybridized carbons (Fsp3) is 0.120. The van der Waals surface area contributed by atoms with Crippen LogP contribution in [0.5, 0.6) is 0 Å². The SMILES string of the molecule is CCC(=O)c1c(-c2ccc(-c3ccccc3)cc2)nc2n(C)c3ccccc3n12. The third-order valence-electron chi connectivity index (χ3n) is 5.49. The van der Waals surface area contributed by atoms with Crippen LogP contribution in [0.1, 0.15) is 23.8 Å². The Balaban J connectivity index is 1.73. The number of carbonyl (C=O) groups excluding carboxylic acids is 1. The number of para-hydroxylation sites is 2. The third kappa shape index (κ3) is 2.68. The van der Waals surface area contributed by atoms with E-state index in [0.717, 1.165) is 33.6 Å². The maximum absolute atomic E-state index is 13.0. The zero-order chi connectivity index (χ0) is 20.0. The summed E-state index contributed by atoms with van der Waals surface area (Å²) in [6.07, 6.45) is 0.437. The Hall–Kier alpha value is -3.66. The number of carbonyl (C=O) groups is 1. The van der Waals surface area contributed by atoms with Gasteiger partial charge in [0.15, 0.2) is 5.78 Å². The molecule has 0 amide bonds. The fourth-order valence-electron chi connectivity index (χ4n) is 3.98. The van der Waals surface area contributed by atoms with Crippen LogP contribution in [-0.2, 0) is 7.05 Å². The monoisotopic (exact) mass is 379 g/mol. The van der Waals surface area contributed by atoms with E-state index >= 15 is 0 Å². The summed E-state index contributed by atoms with van der Waals surface area (Å²) in [5.74, 6) is 0.876. The van der Waals surface area contributed by atoms with Gasteiger partial charge in [0, 0.05) is 19.0 Å². The van der Waals surface area contributed by atoms with Crippen LogP contribution in [0.25, 0.3) is 39.2 Å². The van der Waals surface area contributed by atoms with Gasteiger partial charge in [-0.25, -0.2) is 4.98 Å². The molecule has 2 aromatic heterocycles. The van der Waals surface area contributed by atoms with Crippen molar-refractivity contribution in [3.63, 3.8) is 0 Å². The molecule has 0 saturated carbocycles. The van der Waals surface area contributed by atoms with Gasteiger partial charge < -0.3 is 4.57 Å². The zero-order valence-corrected chi connectivity index (χ0v) is 16.5. The van der Waals surface area contributed by atoms with Crippen molar-refractivity contribution in [3.8, 4) is 22.4 Å². The Morgan fingerprint density at radius 2 is 1.38 bits per heavy atom. The van der Waals surface area contributed by atoms with E-state index in [1.54, 1.807) is 0 Å². The average Bonchev–Trinajstić information content (AvgIpc) is 3.30. The first-order valence-corrected chi connectivity index (χ1v) is 9.84. The van der Waals surface area contributed by atoms with Gasteiger partial charge in [0.2, 0.25) is 5.78 Å². The molecule has 0 fully saturated rings. The number of rotatable bonds is 4. The van der Waals surface area contributed by atoms with Crippen LogP contribution in [-0.4, -0.2) is 19.7 Å². The normalized spacial score (nSPS) is 11.4. The number of hydrogen-bond donors (Lipinski definition) is 0. The van der Waals surface area contributed by atoms with Crippen LogP contribution < -0.4 is 0 Å². The lowest BCUT2D eigenvalue weighted by molar-refractivity contribution is 0.0983. The molecule has 3 aromatic carbocycles. The highest BCUT2D eigenvalue weighted by molar-refractivity contribution is 6.03. The lowest BCUT2D eigenvalue weighted by Gasteiger charge is -2.06. The molecule has 0 N–H and O–H groups in total. The summed E-state index contributed by atoms with van der Waals surface area (Å²) in [4.78, 5) is 17.9. The first-order chi connectivity index (χ1) is 14.2. The number of hydrogen-bond acceptors (Lipinski definition) is 2. The Morgan fingerprint density at radius 1 is 0.793 bits per heavy atom. The van der Waals surface area contributed by atoms with Crippen LogP contribution in [0.2, 0.25) is 0 Å². The first-order valence-electron chi connectivity index (χ1n) is 9.84. The molecule has 0 aliphatic heterocycles. The molecule has 0 aliphatic rings. The van der Waals surface area contributed by atoms with Gasteiger partial charge in [-0.1, -0.05) is 73.7 Å². The molecule has 0 saturated heterocycles. The van der Waals surface area contributed by atoms with E-state index in [0.29, 0.717) is 12.1 Å². The number of aryl methyl sites for hydroxylation is 1. The molecule has 4 heteroatoms. The molecule has 4 nitrogen and oxygen atoms in total. The molecular formula is C25H21N3O. The van der Waals surface area contributed by atoms with E-state index in [2.05, 4.69) is 42.5 Å². The van der Waals surface area contributed by atoms with Gasteiger partial charge in [-0.15, -0.1) is 0 Å². The minimum absolute atomic E-state index is 0.0935. The second kappa shape index (κ2) is 6.74. The average molecular weight is 379 g/mol. The molecule has 2 heterocycles. The maximum Gasteiger partial charge on any atom is 0.215 e. The minimum Gasteiger partial charge on any atom is -0.313 e. The number of aromatic nitrogens is 3. The smallest absolute Gasteiger partial charge is 0.215 e. The summed E-state index contributed by atoms with van der Waals surface area (Å²) in [6, 6.07) is 26.7. The largest absolute Gasteiger partial charge is 0.313 e. The van der Waals surface area contributed by atoms with Crippen molar-refractivity contribution in [2.45, 2.75) is 13.3 Å². The predicted octanol–water partition coefficient (Wildman–Crippen LogP) is 5.75. The Bertz CT molecular complexity index is 1340. The van der Waals surface area contributed by atoms with Crippen molar-refractivity contribution >= 4 is 22.6 Å². The van der Waals surface area contributed by atoms with Crippen LogP contribution >= 0.6 is 0 Å². The Labute approximate surface area is 169 Å². The molecule has 0 radical (unpaired) electrons. The Kier molecular flexibility index (Phi) is 4.06. The van der Waals surface area contributed by atoms with Gasteiger partial charge in [-0.2, -0.15) is 0 Å². The number of Topliss-reactive ketones (excluding diaryl/α,β-unsaturated/α-hetero) is 1. The standard InChI is InChI=1S/C25H21N3O/c1-3-22(29)24-23(19-15-13-18(14-16-19)17-9-5-4-6-10-17)26-25-27(2)20-11-7-8-12-21(20)28(24)25/h4-16H,3H2,1-2H3. The summed E-state index contributed by atoms with van der Waals surface area (Å²) in [5.41, 5.74) is 6.73. The summed E-state index contributed by atoms with van der Waals surface area (Å²) < 4.78 is 4.05. The zero-order valence-electron chi connectivity index (χ0n) is 16.5. The fourth-order valence-corrected chi connectivity index (χ4v) is 3.98. The first kappa shape index (κ1) is 17.4. The molecule has 142 valence electrons. The molecule has 0 bridgehead atoms. The van der Waals surface area contributed by atoms with Crippen LogP contribution in [0.15, 0.2) is 78.9 Å². The molecule has 0 spiro atoms. The van der Waals surface area contributed by atoms with E-state index in [-0.39, 0.29) is 5.78 Å². The van der Waals surface area contributed by atoms with E-state index in [9.17, 15) is 4.79 Å². The van der Waals surface area contributed by atoms with E-state index < -0.39 is 0 Å². The molecule has 5 rings (SSSR count). The van der Waals surface area contributed by atoms with E-state index in [4.69, 9.17) is 4.98 Å². The summed E-state index contributed by atoms with van der Waals surface area (Å²) in [5, 5.41) is 0. The second-order valence-corrected chi connectivity index (χ2v) is 7.21. The van der Waals surface area contributed by atoms with Crippen molar-refractivity contribution < 1.29 is 4.79 Å². The quantitative estimate of drug-likeness (QED) is 0.373. The van der Waals surface area contributed by atoms with E-state index in [1.165, 1.54) is 5.56 Å². The van der Waals surface area contributed by atoms with Crippen molar-refractivity contribution in [1.29, 1.82) is 0 Å². The van der Waals surface area contributed by atoms with Gasteiger partial charge in [0.1, 0.15) is 11.4 Å². The van der Waals surface area contributed by atoms with E-state index in [1.807, 2.05) is 59.3 Å². The number of nitrogens with zero attached hydrogens (tertiary/aromatic N) is 3. The predicted molar refractivity (Wildman–Crippen MR) is 117 cm³/mol. The van der Waals surface area contributed by atoms with Crippen molar-refractivity contribution in [3.05, 3.63) is 84.6 Å². The summed E-state index contributed by atoms with van der Waals surface area (Å²) >= 11 is 0. The van der Waals surface area contributed by atoms with Crippen LogP contribution in [0.4, 0.5) is 0 Å². The van der Waals surface area contributed by atoms with Crippen molar-refractivity contribution in [2.75, 3.05) is 0 Å². The number of ketones is 1. The molecule has 0 atom stereocenters. The number of fused-ring (bicyclic) bond motifs is 3. The van der Waals surface area contributed by atoms with Crippen molar-refractivity contribution in [2.24, 2.45) is 7.05 Å². The highest BCUT2D eigenvalue weighted by Crippen LogP contribution is 2.31. The highest BCUT2D eigenvalue weighted by atomic mass is 16.1. The highest BCUT2D eigenvalue weighted by Gasteiger charge is 2.23. The molecular weight excluding hydrogens is 358 g/mol. The molecule has 5 aromatic rings. The molecule has 0 unspecified atom stereocenters. The van der Waals surface area contributed by atoms with Gasteiger partial charge in [0.05, 0.1) is 11.0 Å². The van der Waals surface area contributed by atoms with Crippen molar-refractivity contribution in [1.82, 2.24) is 14.0 Å². The second-order valence-electron chi connectivity index (χ2n) is 7.21. The Morgan fingerprint density at radius 3 is 2.07 bits per heavy atom. The number of imidazole rings is 2. The summed E-state index contributed by atoms with van der Waals surface area (Å²) in [6.45, 7) is 1.90. The van der Waals surface area contributed by atoms with Gasteiger partial charge in [-0.05, 0) is 23.3 Å². The lowest BCUT2D eigenvalue weighted by Crippen LogP contribution is -2.03. The van der Waals surface area contributed by atoms with Gasteiger partial charge in [-0.3, -0.25) is 9.20 Å². The maximum atomic E-state index is 13.0. The van der Waals surface area contributed by atoms with Gasteiger partial charge in [0.25, 0.3) is 0 Å². The lowest BCUT2D eigenvalue weighted by atomic mass is 10.0. The molecule has 29 heavy (non-hydrogen) atoms. The van der Waals surface area contributed by atoms with Crippen LogP contribution in [0.3, 0.4) is 0 Å².